The summed E-state index contributed by atoms with van der Waals surface area (Å²) in [6, 6.07) is 11.5. The van der Waals surface area contributed by atoms with Gasteiger partial charge in [-0.2, -0.15) is 8.78 Å². The average molecular weight is 290 g/mol. The van der Waals surface area contributed by atoms with Gasteiger partial charge < -0.3 is 20.8 Å². The van der Waals surface area contributed by atoms with Gasteiger partial charge in [-0.1, -0.05) is 0 Å². The molecule has 0 aliphatic carbocycles. The molecule has 108 valence electrons. The summed E-state index contributed by atoms with van der Waals surface area (Å²) in [6.07, 6.45) is 0. The Kier molecular flexibility index (Phi) is 3.31. The number of nitrogens with two attached hydrogens (primary N) is 1. The van der Waals surface area contributed by atoms with Crippen LogP contribution in [0.4, 0.5) is 26.1 Å². The van der Waals surface area contributed by atoms with Crippen molar-refractivity contribution >= 4 is 28.4 Å². The van der Waals surface area contributed by atoms with E-state index in [2.05, 4.69) is 20.0 Å². The van der Waals surface area contributed by atoms with Crippen molar-refractivity contribution in [2.45, 2.75) is 6.61 Å². The second-order valence-electron chi connectivity index (χ2n) is 4.39. The van der Waals surface area contributed by atoms with E-state index in [1.54, 1.807) is 24.3 Å². The van der Waals surface area contributed by atoms with E-state index in [1.165, 1.54) is 12.1 Å². The Morgan fingerprint density at radius 3 is 2.62 bits per heavy atom. The van der Waals surface area contributed by atoms with Gasteiger partial charge in [0.2, 0.25) is 5.95 Å². The molecule has 7 heteroatoms. The average Bonchev–Trinajstić information content (AvgIpc) is 2.82. The quantitative estimate of drug-likeness (QED) is 0.643. The summed E-state index contributed by atoms with van der Waals surface area (Å²) in [5.41, 5.74) is 8.64. The molecule has 0 aliphatic rings. The van der Waals surface area contributed by atoms with Crippen LogP contribution in [0.2, 0.25) is 0 Å². The largest absolute Gasteiger partial charge is 0.435 e. The molecule has 3 rings (SSSR count). The van der Waals surface area contributed by atoms with Crippen molar-refractivity contribution < 1.29 is 13.5 Å². The SMILES string of the molecule is Nc1ccc2nc(Nc3ccc(OC(F)F)cc3)[nH]c2c1. The van der Waals surface area contributed by atoms with Crippen LogP contribution in [-0.2, 0) is 0 Å². The first-order valence-corrected chi connectivity index (χ1v) is 6.17. The minimum atomic E-state index is -2.83. The highest BCUT2D eigenvalue weighted by molar-refractivity contribution is 5.81. The summed E-state index contributed by atoms with van der Waals surface area (Å²) >= 11 is 0. The van der Waals surface area contributed by atoms with Crippen LogP contribution in [0.25, 0.3) is 11.0 Å². The highest BCUT2D eigenvalue weighted by Crippen LogP contribution is 2.22. The summed E-state index contributed by atoms with van der Waals surface area (Å²) in [6.45, 7) is -2.83. The Balaban J connectivity index is 1.78. The number of rotatable bonds is 4. The highest BCUT2D eigenvalue weighted by atomic mass is 19.3. The summed E-state index contributed by atoms with van der Waals surface area (Å²) in [4.78, 5) is 7.42. The van der Waals surface area contributed by atoms with E-state index < -0.39 is 6.61 Å². The third kappa shape index (κ3) is 3.02. The predicted molar refractivity (Wildman–Crippen MR) is 76.9 cm³/mol. The molecule has 2 aromatic carbocycles. The Morgan fingerprint density at radius 2 is 1.90 bits per heavy atom. The fourth-order valence-corrected chi connectivity index (χ4v) is 1.94. The zero-order valence-corrected chi connectivity index (χ0v) is 10.8. The van der Waals surface area contributed by atoms with E-state index in [-0.39, 0.29) is 5.75 Å². The smallest absolute Gasteiger partial charge is 0.387 e. The van der Waals surface area contributed by atoms with Gasteiger partial charge in [-0.3, -0.25) is 0 Å². The molecule has 3 aromatic rings. The summed E-state index contributed by atoms with van der Waals surface area (Å²) < 4.78 is 28.4. The summed E-state index contributed by atoms with van der Waals surface area (Å²) in [5.74, 6) is 0.644. The maximum absolute atomic E-state index is 12.1. The van der Waals surface area contributed by atoms with Crippen LogP contribution in [0.1, 0.15) is 0 Å². The van der Waals surface area contributed by atoms with E-state index in [9.17, 15) is 8.78 Å². The van der Waals surface area contributed by atoms with Gasteiger partial charge in [0, 0.05) is 11.4 Å². The van der Waals surface area contributed by atoms with Crippen molar-refractivity contribution in [1.29, 1.82) is 0 Å². The van der Waals surface area contributed by atoms with E-state index in [0.29, 0.717) is 17.3 Å². The van der Waals surface area contributed by atoms with E-state index in [1.807, 2.05) is 6.07 Å². The van der Waals surface area contributed by atoms with Crippen LogP contribution < -0.4 is 15.8 Å². The maximum atomic E-state index is 12.1. The summed E-state index contributed by atoms with van der Waals surface area (Å²) in [7, 11) is 0. The second-order valence-corrected chi connectivity index (χ2v) is 4.39. The van der Waals surface area contributed by atoms with E-state index in [4.69, 9.17) is 5.73 Å². The minimum absolute atomic E-state index is 0.105. The number of aromatic nitrogens is 2. The highest BCUT2D eigenvalue weighted by Gasteiger charge is 2.05. The van der Waals surface area contributed by atoms with Gasteiger partial charge in [-0.25, -0.2) is 4.98 Å². The first kappa shape index (κ1) is 13.2. The van der Waals surface area contributed by atoms with Gasteiger partial charge in [0.1, 0.15) is 5.75 Å². The number of imidazole rings is 1. The molecule has 0 aliphatic heterocycles. The van der Waals surface area contributed by atoms with Gasteiger partial charge in [0.05, 0.1) is 11.0 Å². The molecule has 0 spiro atoms. The number of nitrogens with one attached hydrogen (secondary N) is 2. The van der Waals surface area contributed by atoms with Gasteiger partial charge in [0.25, 0.3) is 0 Å². The molecule has 0 saturated carbocycles. The first-order valence-electron chi connectivity index (χ1n) is 6.17. The van der Waals surface area contributed by atoms with Crippen LogP contribution in [0, 0.1) is 0 Å². The molecule has 0 atom stereocenters. The number of hydrogen-bond acceptors (Lipinski definition) is 4. The molecule has 1 heterocycles. The standard InChI is InChI=1S/C14H12F2N4O/c15-13(16)21-10-4-2-9(3-5-10)18-14-19-11-6-1-8(17)7-12(11)20-14/h1-7,13H,17H2,(H2,18,19,20). The van der Waals surface area contributed by atoms with E-state index in [0.717, 1.165) is 11.0 Å². The number of hydrogen-bond donors (Lipinski definition) is 3. The normalized spacial score (nSPS) is 11.0. The Bertz CT molecular complexity index is 755. The fourth-order valence-electron chi connectivity index (χ4n) is 1.94. The lowest BCUT2D eigenvalue weighted by molar-refractivity contribution is -0.0498. The molecule has 0 bridgehead atoms. The molecule has 0 unspecified atom stereocenters. The molecular formula is C14H12F2N4O. The van der Waals surface area contributed by atoms with Crippen LogP contribution in [0.15, 0.2) is 42.5 Å². The number of ether oxygens (including phenoxy) is 1. The molecule has 0 radical (unpaired) electrons. The number of alkyl halides is 2. The topological polar surface area (TPSA) is 76.0 Å². The number of benzene rings is 2. The fraction of sp³-hybridized carbons (Fsp3) is 0.0714. The van der Waals surface area contributed by atoms with Crippen molar-refractivity contribution in [3.63, 3.8) is 0 Å². The lowest BCUT2D eigenvalue weighted by Crippen LogP contribution is -2.01. The number of nitrogens with zero attached hydrogens (tertiary/aromatic N) is 1. The van der Waals surface area contributed by atoms with Gasteiger partial charge in [-0.15, -0.1) is 0 Å². The van der Waals surface area contributed by atoms with Crippen molar-refractivity contribution in [3.05, 3.63) is 42.5 Å². The third-order valence-electron chi connectivity index (χ3n) is 2.85. The Labute approximate surface area is 118 Å². The zero-order chi connectivity index (χ0) is 14.8. The van der Waals surface area contributed by atoms with Gasteiger partial charge in [0.15, 0.2) is 0 Å². The number of fused-ring (bicyclic) bond motifs is 1. The van der Waals surface area contributed by atoms with Gasteiger partial charge in [-0.05, 0) is 42.5 Å². The monoisotopic (exact) mass is 290 g/mol. The molecule has 0 saturated heterocycles. The number of nitrogen functional groups attached to an aromatic ring is 1. The third-order valence-corrected chi connectivity index (χ3v) is 2.85. The Hall–Kier alpha value is -2.83. The molecule has 0 fully saturated rings. The molecule has 4 N–H and O–H groups in total. The molecule has 21 heavy (non-hydrogen) atoms. The lowest BCUT2D eigenvalue weighted by atomic mass is 10.3. The molecule has 5 nitrogen and oxygen atoms in total. The van der Waals surface area contributed by atoms with Crippen LogP contribution in [0.5, 0.6) is 5.75 Å². The summed E-state index contributed by atoms with van der Waals surface area (Å²) in [5, 5.41) is 3.04. The minimum Gasteiger partial charge on any atom is -0.435 e. The first-order chi connectivity index (χ1) is 10.1. The van der Waals surface area contributed by atoms with Crippen LogP contribution in [-0.4, -0.2) is 16.6 Å². The number of halogens is 2. The number of aromatic amines is 1. The molecule has 1 aromatic heterocycles. The van der Waals surface area contributed by atoms with Crippen molar-refractivity contribution in [3.8, 4) is 5.75 Å². The number of anilines is 3. The number of H-pyrrole nitrogens is 1. The Morgan fingerprint density at radius 1 is 1.14 bits per heavy atom. The second kappa shape index (κ2) is 5.28. The maximum Gasteiger partial charge on any atom is 0.387 e. The van der Waals surface area contributed by atoms with Crippen molar-refractivity contribution in [2.24, 2.45) is 0 Å². The molecule has 0 amide bonds. The lowest BCUT2D eigenvalue weighted by Gasteiger charge is -2.06. The van der Waals surface area contributed by atoms with Crippen LogP contribution >= 0.6 is 0 Å². The zero-order valence-electron chi connectivity index (χ0n) is 10.8. The van der Waals surface area contributed by atoms with Crippen molar-refractivity contribution in [1.82, 2.24) is 9.97 Å². The van der Waals surface area contributed by atoms with Crippen LogP contribution in [0.3, 0.4) is 0 Å². The van der Waals surface area contributed by atoms with E-state index >= 15 is 0 Å². The predicted octanol–water partition coefficient (Wildman–Crippen LogP) is 3.49. The van der Waals surface area contributed by atoms with Crippen molar-refractivity contribution in [2.75, 3.05) is 11.1 Å². The van der Waals surface area contributed by atoms with Gasteiger partial charge >= 0.3 is 6.61 Å². The molecular weight excluding hydrogens is 278 g/mol.